The molecule has 0 aromatic heterocycles. The molecule has 0 radical (unpaired) electrons. The van der Waals surface area contributed by atoms with Gasteiger partial charge < -0.3 is 68.3 Å². The minimum atomic E-state index is -1.02. The molecule has 0 rings (SSSR count). The Kier molecular flexibility index (Phi) is 60.9. The van der Waals surface area contributed by atoms with Crippen LogP contribution in [0.1, 0.15) is 256 Å². The predicted molar refractivity (Wildman–Crippen MR) is 403 cm³/mol. The van der Waals surface area contributed by atoms with Crippen molar-refractivity contribution < 1.29 is 54.0 Å². The molecule has 0 saturated carbocycles. The molecule has 0 aliphatic rings. The number of allylic oxidation sites excluding steroid dienone is 1. The van der Waals surface area contributed by atoms with E-state index in [0.717, 1.165) is 6.54 Å². The molecule has 16 atom stereocenters. The molecule has 0 aromatic rings. The molecule has 96 heavy (non-hydrogen) atoms. The number of aliphatic hydroxyl groups is 4. The topological polar surface area (TPSA) is 309 Å². The van der Waals surface area contributed by atoms with E-state index in [1.54, 1.807) is 41.5 Å². The van der Waals surface area contributed by atoms with Gasteiger partial charge in [-0.2, -0.15) is 0 Å². The first-order chi connectivity index (χ1) is 43.6. The Morgan fingerprint density at radius 1 is 0.312 bits per heavy atom. The van der Waals surface area contributed by atoms with Crippen molar-refractivity contribution in [1.82, 2.24) is 47.9 Å². The quantitative estimate of drug-likeness (QED) is 0.0254. The summed E-state index contributed by atoms with van der Waals surface area (Å²) in [4.78, 5) is 81.6. The molecule has 0 aromatic carbocycles. The van der Waals surface area contributed by atoms with Crippen molar-refractivity contribution in [1.29, 1.82) is 0 Å². The van der Waals surface area contributed by atoms with Crippen molar-refractivity contribution in [3.8, 4) is 0 Å². The summed E-state index contributed by atoms with van der Waals surface area (Å²) in [6, 6.07) is 1.72. The van der Waals surface area contributed by atoms with Crippen LogP contribution in [-0.2, 0) is 33.6 Å². The molecule has 0 bridgehead atoms. The zero-order valence-electron chi connectivity index (χ0n) is 68.1. The van der Waals surface area contributed by atoms with Crippen LogP contribution in [0.25, 0.3) is 0 Å². The van der Waals surface area contributed by atoms with Gasteiger partial charge in [0.15, 0.2) is 17.3 Å². The molecule has 0 fully saturated rings. The summed E-state index contributed by atoms with van der Waals surface area (Å²) >= 11 is 0. The molecule has 20 nitrogen and oxygen atoms in total. The fraction of sp³-hybridized carbons (Fsp3) is 0.882. The van der Waals surface area contributed by atoms with Crippen LogP contribution in [0.2, 0.25) is 0 Å². The van der Waals surface area contributed by atoms with Crippen LogP contribution in [0.15, 0.2) is 12.2 Å². The third-order valence-corrected chi connectivity index (χ3v) is 15.6. The van der Waals surface area contributed by atoms with Gasteiger partial charge in [-0.05, 0) is 68.7 Å². The molecular weight excluding hydrogens is 1210 g/mol. The average Bonchev–Trinajstić information content (AvgIpc) is 1.20. The van der Waals surface area contributed by atoms with Crippen LogP contribution in [0.3, 0.4) is 0 Å². The van der Waals surface area contributed by atoms with Crippen LogP contribution in [0.4, 0.5) is 0 Å². The van der Waals surface area contributed by atoms with Crippen molar-refractivity contribution in [2.45, 2.75) is 371 Å². The smallest absolute Gasteiger partial charge is 0.237 e. The summed E-state index contributed by atoms with van der Waals surface area (Å²) in [5, 5.41) is 68.3. The van der Waals surface area contributed by atoms with E-state index in [4.69, 9.17) is 0 Å². The van der Waals surface area contributed by atoms with Gasteiger partial charge in [-0.3, -0.25) is 33.6 Å². The number of aliphatic hydroxyl groups excluding tert-OH is 4. The average molecular weight is 1370 g/mol. The van der Waals surface area contributed by atoms with Crippen LogP contribution in [0, 0.1) is 53.3 Å². The Bertz CT molecular complexity index is 2080. The van der Waals surface area contributed by atoms with E-state index >= 15 is 0 Å². The van der Waals surface area contributed by atoms with Crippen LogP contribution in [-0.4, -0.2) is 189 Å². The third-order valence-electron chi connectivity index (χ3n) is 15.6. The lowest BCUT2D eigenvalue weighted by Gasteiger charge is -2.30. The lowest BCUT2D eigenvalue weighted by Crippen LogP contribution is -2.50. The number of hydrogen-bond donors (Lipinski definition) is 13. The van der Waals surface area contributed by atoms with Gasteiger partial charge in [0.05, 0.1) is 48.6 Å². The fourth-order valence-corrected chi connectivity index (χ4v) is 10.1. The molecule has 20 heteroatoms. The van der Waals surface area contributed by atoms with E-state index in [2.05, 4.69) is 95.5 Å². The van der Waals surface area contributed by atoms with Crippen molar-refractivity contribution in [2.24, 2.45) is 53.3 Å². The highest BCUT2D eigenvalue weighted by Crippen LogP contribution is 2.17. The van der Waals surface area contributed by atoms with E-state index in [1.807, 2.05) is 172 Å². The zero-order valence-corrected chi connectivity index (χ0v) is 68.1. The second kappa shape index (κ2) is 56.4. The zero-order chi connectivity index (χ0) is 77.1. The molecule has 0 saturated heterocycles. The highest BCUT2D eigenvalue weighted by molar-refractivity contribution is 5.91. The number of amides is 1. The number of hydrogen-bond acceptors (Lipinski definition) is 19. The Morgan fingerprint density at radius 2 is 0.646 bits per heavy atom. The molecule has 0 aliphatic carbocycles. The Morgan fingerprint density at radius 3 is 1.00 bits per heavy atom. The van der Waals surface area contributed by atoms with Crippen LogP contribution < -0.4 is 47.9 Å². The lowest BCUT2D eigenvalue weighted by molar-refractivity contribution is -0.132. The van der Waals surface area contributed by atoms with Gasteiger partial charge in [-0.1, -0.05) is 199 Å². The first-order valence-electron chi connectivity index (χ1n) is 36.6. The highest BCUT2D eigenvalue weighted by atomic mass is 16.3. The monoisotopic (exact) mass is 1370 g/mol. The molecule has 16 unspecified atom stereocenters. The maximum Gasteiger partial charge on any atom is 0.237 e. The molecule has 0 heterocycles. The predicted octanol–water partition coefficient (Wildman–Crippen LogP) is 9.35. The van der Waals surface area contributed by atoms with E-state index in [-0.39, 0.29) is 131 Å². The van der Waals surface area contributed by atoms with Gasteiger partial charge in [-0.15, -0.1) is 0 Å². The highest BCUT2D eigenvalue weighted by Gasteiger charge is 2.33. The van der Waals surface area contributed by atoms with Crippen LogP contribution >= 0.6 is 0 Å². The molecule has 0 spiro atoms. The van der Waals surface area contributed by atoms with Gasteiger partial charge in [0.1, 0.15) is 17.3 Å². The van der Waals surface area contributed by atoms with Gasteiger partial charge >= 0.3 is 0 Å². The number of rotatable bonds is 41. The lowest BCUT2D eigenvalue weighted by atomic mass is 9.87. The summed E-state index contributed by atoms with van der Waals surface area (Å²) in [5.74, 6) is 0.481. The molecule has 13 N–H and O–H groups in total. The van der Waals surface area contributed by atoms with Crippen molar-refractivity contribution >= 4 is 40.6 Å². The number of ketones is 6. The number of Topliss-reactive ketones (excluding diaryl/α,β-unsaturated/α-hetero) is 6. The second-order valence-corrected chi connectivity index (χ2v) is 30.8. The number of carbonyl (C=O) groups excluding carboxylic acids is 7. The second-order valence-electron chi connectivity index (χ2n) is 30.8. The third kappa shape index (κ3) is 54.6. The van der Waals surface area contributed by atoms with E-state index < -0.39 is 36.4 Å². The van der Waals surface area contributed by atoms with E-state index in [0.29, 0.717) is 55.0 Å². The minimum absolute atomic E-state index is 0.0175. The summed E-state index contributed by atoms with van der Waals surface area (Å²) in [7, 11) is 0. The Labute approximate surface area is 589 Å². The molecular formula is C76H157N9O11. The summed E-state index contributed by atoms with van der Waals surface area (Å²) in [5.41, 5.74) is 0. The first-order valence-corrected chi connectivity index (χ1v) is 36.6. The summed E-state index contributed by atoms with van der Waals surface area (Å²) < 4.78 is 0. The maximum absolute atomic E-state index is 11.7. The van der Waals surface area contributed by atoms with E-state index in [9.17, 15) is 54.0 Å². The van der Waals surface area contributed by atoms with Crippen molar-refractivity contribution in [3.05, 3.63) is 12.2 Å². The van der Waals surface area contributed by atoms with Crippen LogP contribution in [0.5, 0.6) is 0 Å². The van der Waals surface area contributed by atoms with Crippen molar-refractivity contribution in [2.75, 3.05) is 13.1 Å². The van der Waals surface area contributed by atoms with Gasteiger partial charge in [0, 0.05) is 133 Å². The molecule has 0 aliphatic heterocycles. The standard InChI is InChI=1S/C13H28N2O2.C13H27NO3.C13H27NO2.C13H25NO.C12H24N2O2.C12H26N2O/c1-8(2)13(17)11(6)14-7-12(16)10(5)15-9(3)4;1-7(2)11(15)9(5)12(16)13(17)10(6)14-8(3)4;1-8(2)13(16)10(5)7-12(15)11(6)14-9(3)4;1-9(2)13(15)11(5)7-8-12(6)14-10(3)4;1-7(2)11(15)9(5)14-12(16)10(6)13-8(3)4;1-8(2)12(15)11(6)13-7-10(5)14-9(3)4/h8-12,14-16H,7H2,1-6H3;7-10,12-14,16-17H,1-6H3;8-12,14-15H,7H2,1-6H3;7-12,14H,1-6H3;7-10,13H,1-6H3,(H,14,16);8-11,13-14H,7H2,1-6H3/b;;;8-7+;;. The largest absolute Gasteiger partial charge is 0.391 e. The normalized spacial score (nSPS) is 16.9. The maximum atomic E-state index is 11.7. The molecule has 1 amide bonds. The summed E-state index contributed by atoms with van der Waals surface area (Å²) in [6.45, 7) is 71.2. The Balaban J connectivity index is -0.000000253. The first kappa shape index (κ1) is 104. The Hall–Kier alpha value is -3.25. The van der Waals surface area contributed by atoms with Gasteiger partial charge in [0.25, 0.3) is 0 Å². The van der Waals surface area contributed by atoms with Gasteiger partial charge in [0.2, 0.25) is 5.91 Å². The van der Waals surface area contributed by atoms with E-state index in [1.165, 1.54) is 0 Å². The van der Waals surface area contributed by atoms with Gasteiger partial charge in [-0.25, -0.2) is 0 Å². The number of carbonyl (C=O) groups is 7. The minimum Gasteiger partial charge on any atom is -0.391 e. The molecule has 572 valence electrons. The fourth-order valence-electron chi connectivity index (χ4n) is 10.1. The summed E-state index contributed by atoms with van der Waals surface area (Å²) in [6.07, 6.45) is 1.71. The number of nitrogens with one attached hydrogen (secondary N) is 9. The van der Waals surface area contributed by atoms with Crippen molar-refractivity contribution in [3.63, 3.8) is 0 Å². The SMILES string of the molecule is CC(C)NC(C)/C=C/C(C)C(=O)C(C)C.CC(C)NC(C)C(=O)NC(C)C(=O)C(C)C.CC(C)NC(C)C(O)C(O)C(C)C(=O)C(C)C.CC(C)NC(C)C(O)CC(C)C(=O)C(C)C.CC(C)NC(C)C(O)CNC(C)C(=O)C(C)C.CC(C)NC(C)CNC(C)C(=O)C(C)C.